The molecule has 0 unspecified atom stereocenters. The average Bonchev–Trinajstić information content (AvgIpc) is 3.13. The summed E-state index contributed by atoms with van der Waals surface area (Å²) in [7, 11) is 0. The van der Waals surface area contributed by atoms with Crippen LogP contribution in [0.3, 0.4) is 0 Å². The highest BCUT2D eigenvalue weighted by atomic mass is 16.4. The molecule has 1 fully saturated rings. The van der Waals surface area contributed by atoms with E-state index in [1.165, 1.54) is 5.56 Å². The number of rotatable bonds is 2. The first-order valence-electron chi connectivity index (χ1n) is 7.46. The zero-order chi connectivity index (χ0) is 15.1. The zero-order valence-corrected chi connectivity index (χ0v) is 12.3. The number of hydrogen-bond acceptors (Lipinski definition) is 5. The molecule has 0 atom stereocenters. The SMILES string of the molecule is Cc1ccc2oc(N3CCC(c4n[nH]c(=O)[nH]4)CC3)nc2c1. The van der Waals surface area contributed by atoms with Crippen molar-refractivity contribution in [1.29, 1.82) is 0 Å². The molecular weight excluding hydrogens is 282 g/mol. The summed E-state index contributed by atoms with van der Waals surface area (Å²) in [5.41, 5.74) is 2.65. The first kappa shape index (κ1) is 13.1. The van der Waals surface area contributed by atoms with Crippen LogP contribution in [0.1, 0.15) is 30.1 Å². The molecule has 3 heterocycles. The molecule has 2 N–H and O–H groups in total. The molecule has 1 aliphatic rings. The van der Waals surface area contributed by atoms with E-state index in [2.05, 4.69) is 25.1 Å². The van der Waals surface area contributed by atoms with E-state index in [0.717, 1.165) is 42.9 Å². The lowest BCUT2D eigenvalue weighted by Crippen LogP contribution is -2.33. The standard InChI is InChI=1S/C15H17N5O2/c1-9-2-3-12-11(8-9)16-15(22-12)20-6-4-10(5-7-20)13-17-14(21)19-18-13/h2-3,8,10H,4-7H2,1H3,(H2,17,18,19,21). The maximum atomic E-state index is 11.1. The molecule has 22 heavy (non-hydrogen) atoms. The van der Waals surface area contributed by atoms with Crippen LogP contribution in [0.5, 0.6) is 0 Å². The van der Waals surface area contributed by atoms with Crippen molar-refractivity contribution in [2.45, 2.75) is 25.7 Å². The van der Waals surface area contributed by atoms with Crippen LogP contribution in [0, 0.1) is 6.92 Å². The van der Waals surface area contributed by atoms with Crippen molar-refractivity contribution in [3.63, 3.8) is 0 Å². The van der Waals surface area contributed by atoms with E-state index in [1.54, 1.807) is 0 Å². The van der Waals surface area contributed by atoms with E-state index >= 15 is 0 Å². The summed E-state index contributed by atoms with van der Waals surface area (Å²) in [4.78, 5) is 20.6. The molecule has 4 rings (SSSR count). The third-order valence-corrected chi connectivity index (χ3v) is 4.20. The summed E-state index contributed by atoms with van der Waals surface area (Å²) in [5.74, 6) is 1.03. The molecule has 0 spiro atoms. The van der Waals surface area contributed by atoms with Gasteiger partial charge in [0.2, 0.25) is 0 Å². The molecule has 0 saturated carbocycles. The summed E-state index contributed by atoms with van der Waals surface area (Å²) in [6.45, 7) is 3.72. The molecule has 2 aromatic heterocycles. The van der Waals surface area contributed by atoms with E-state index in [0.29, 0.717) is 6.01 Å². The van der Waals surface area contributed by atoms with Crippen molar-refractivity contribution in [1.82, 2.24) is 20.2 Å². The highest BCUT2D eigenvalue weighted by Crippen LogP contribution is 2.29. The van der Waals surface area contributed by atoms with Crippen LogP contribution in [0.4, 0.5) is 6.01 Å². The Morgan fingerprint density at radius 1 is 1.32 bits per heavy atom. The predicted molar refractivity (Wildman–Crippen MR) is 82.1 cm³/mol. The topological polar surface area (TPSA) is 90.8 Å². The summed E-state index contributed by atoms with van der Waals surface area (Å²) in [5, 5.41) is 6.46. The zero-order valence-electron chi connectivity index (χ0n) is 12.3. The van der Waals surface area contributed by atoms with E-state index in [9.17, 15) is 4.79 Å². The quantitative estimate of drug-likeness (QED) is 0.754. The Hall–Kier alpha value is -2.57. The van der Waals surface area contributed by atoms with Gasteiger partial charge in [-0.1, -0.05) is 6.07 Å². The molecule has 7 nitrogen and oxygen atoms in total. The van der Waals surface area contributed by atoms with E-state index in [4.69, 9.17) is 4.42 Å². The van der Waals surface area contributed by atoms with E-state index in [1.807, 2.05) is 25.1 Å². The highest BCUT2D eigenvalue weighted by Gasteiger charge is 2.25. The molecule has 1 saturated heterocycles. The van der Waals surface area contributed by atoms with Gasteiger partial charge in [0, 0.05) is 19.0 Å². The minimum atomic E-state index is -0.244. The molecule has 3 aromatic rings. The van der Waals surface area contributed by atoms with E-state index < -0.39 is 0 Å². The minimum Gasteiger partial charge on any atom is -0.423 e. The largest absolute Gasteiger partial charge is 0.423 e. The number of aryl methyl sites for hydroxylation is 1. The summed E-state index contributed by atoms with van der Waals surface area (Å²) >= 11 is 0. The smallest absolute Gasteiger partial charge is 0.340 e. The number of oxazole rings is 1. The minimum absolute atomic E-state index is 0.244. The lowest BCUT2D eigenvalue weighted by atomic mass is 9.96. The maximum absolute atomic E-state index is 11.1. The van der Waals surface area contributed by atoms with Crippen LogP contribution in [-0.4, -0.2) is 33.3 Å². The van der Waals surface area contributed by atoms with Crippen molar-refractivity contribution in [3.8, 4) is 0 Å². The van der Waals surface area contributed by atoms with Gasteiger partial charge >= 0.3 is 5.69 Å². The van der Waals surface area contributed by atoms with Crippen LogP contribution in [-0.2, 0) is 0 Å². The van der Waals surface area contributed by atoms with Gasteiger partial charge < -0.3 is 9.32 Å². The fraction of sp³-hybridized carbons (Fsp3) is 0.400. The Balaban J connectivity index is 1.51. The second kappa shape index (κ2) is 5.01. The third kappa shape index (κ3) is 2.28. The van der Waals surface area contributed by atoms with Crippen molar-refractivity contribution in [3.05, 3.63) is 40.1 Å². The number of aromatic amines is 2. The lowest BCUT2D eigenvalue weighted by molar-refractivity contribution is 0.456. The summed E-state index contributed by atoms with van der Waals surface area (Å²) < 4.78 is 5.84. The van der Waals surface area contributed by atoms with Crippen LogP contribution < -0.4 is 10.6 Å². The summed E-state index contributed by atoms with van der Waals surface area (Å²) in [6.07, 6.45) is 1.83. The molecule has 114 valence electrons. The number of fused-ring (bicyclic) bond motifs is 1. The lowest BCUT2D eigenvalue weighted by Gasteiger charge is -2.29. The Labute approximate surface area is 126 Å². The molecule has 0 bridgehead atoms. The Morgan fingerprint density at radius 2 is 2.14 bits per heavy atom. The number of nitrogens with one attached hydrogen (secondary N) is 2. The van der Waals surface area contributed by atoms with Gasteiger partial charge in [-0.3, -0.25) is 4.98 Å². The number of aromatic nitrogens is 4. The van der Waals surface area contributed by atoms with Gasteiger partial charge in [0.1, 0.15) is 11.3 Å². The van der Waals surface area contributed by atoms with Crippen molar-refractivity contribution >= 4 is 17.1 Å². The molecule has 0 amide bonds. The fourth-order valence-corrected chi connectivity index (χ4v) is 2.98. The Morgan fingerprint density at radius 3 is 2.86 bits per heavy atom. The van der Waals surface area contributed by atoms with Crippen LogP contribution in [0.25, 0.3) is 11.1 Å². The first-order valence-corrected chi connectivity index (χ1v) is 7.46. The number of H-pyrrole nitrogens is 2. The second-order valence-corrected chi connectivity index (χ2v) is 5.79. The molecule has 7 heteroatoms. The van der Waals surface area contributed by atoms with Gasteiger partial charge in [0.15, 0.2) is 5.58 Å². The molecule has 1 aliphatic heterocycles. The molecule has 1 aromatic carbocycles. The first-order chi connectivity index (χ1) is 10.7. The van der Waals surface area contributed by atoms with Crippen molar-refractivity contribution in [2.75, 3.05) is 18.0 Å². The monoisotopic (exact) mass is 299 g/mol. The number of nitrogens with zero attached hydrogens (tertiary/aromatic N) is 3. The van der Waals surface area contributed by atoms with Crippen LogP contribution in [0.15, 0.2) is 27.4 Å². The second-order valence-electron chi connectivity index (χ2n) is 5.79. The van der Waals surface area contributed by atoms with Crippen LogP contribution in [0.2, 0.25) is 0 Å². The molecular formula is C15H17N5O2. The molecule has 0 aliphatic carbocycles. The number of benzene rings is 1. The van der Waals surface area contributed by atoms with Gasteiger partial charge in [-0.25, -0.2) is 9.89 Å². The predicted octanol–water partition coefficient (Wildman–Crippen LogP) is 1.93. The van der Waals surface area contributed by atoms with Crippen LogP contribution >= 0.6 is 0 Å². The fourth-order valence-electron chi connectivity index (χ4n) is 2.98. The number of anilines is 1. The maximum Gasteiger partial charge on any atom is 0.340 e. The third-order valence-electron chi connectivity index (χ3n) is 4.20. The Bertz CT molecular complexity index is 854. The van der Waals surface area contributed by atoms with Gasteiger partial charge in [-0.05, 0) is 37.5 Å². The van der Waals surface area contributed by atoms with Gasteiger partial charge in [0.05, 0.1) is 0 Å². The van der Waals surface area contributed by atoms with Gasteiger partial charge in [-0.2, -0.15) is 10.1 Å². The van der Waals surface area contributed by atoms with Gasteiger partial charge in [0.25, 0.3) is 6.01 Å². The number of hydrogen-bond donors (Lipinski definition) is 2. The molecule has 0 radical (unpaired) electrons. The van der Waals surface area contributed by atoms with Crippen molar-refractivity contribution in [2.24, 2.45) is 0 Å². The number of piperidine rings is 1. The highest BCUT2D eigenvalue weighted by molar-refractivity contribution is 5.75. The van der Waals surface area contributed by atoms with Crippen molar-refractivity contribution < 1.29 is 4.42 Å². The normalized spacial score (nSPS) is 16.5. The van der Waals surface area contributed by atoms with E-state index in [-0.39, 0.29) is 11.6 Å². The Kier molecular flexibility index (Phi) is 2.99. The summed E-state index contributed by atoms with van der Waals surface area (Å²) in [6, 6.07) is 6.69. The van der Waals surface area contributed by atoms with Gasteiger partial charge in [-0.15, -0.1) is 0 Å². The average molecular weight is 299 g/mol.